The normalized spacial score (nSPS) is 18.5. The van der Waals surface area contributed by atoms with Gasteiger partial charge in [0.05, 0.1) is 17.7 Å². The molecule has 1 aliphatic carbocycles. The molecule has 0 radical (unpaired) electrons. The van der Waals surface area contributed by atoms with E-state index in [1.807, 2.05) is 0 Å². The fourth-order valence-corrected chi connectivity index (χ4v) is 2.73. The van der Waals surface area contributed by atoms with Gasteiger partial charge < -0.3 is 14.8 Å². The molecule has 0 spiro atoms. The fraction of sp³-hybridized carbons (Fsp3) is 0.571. The maximum Gasteiger partial charge on any atom is 0.175 e. The second kappa shape index (κ2) is 5.49. The molecular formula is C14H18BrNO2. The van der Waals surface area contributed by atoms with Crippen molar-refractivity contribution in [3.63, 3.8) is 0 Å². The van der Waals surface area contributed by atoms with Crippen LogP contribution in [0.5, 0.6) is 11.5 Å². The van der Waals surface area contributed by atoms with Crippen molar-refractivity contribution in [2.75, 3.05) is 19.8 Å². The minimum atomic E-state index is 0.727. The van der Waals surface area contributed by atoms with Gasteiger partial charge in [-0.05, 0) is 58.9 Å². The van der Waals surface area contributed by atoms with E-state index < -0.39 is 0 Å². The van der Waals surface area contributed by atoms with E-state index in [2.05, 4.69) is 33.4 Å². The van der Waals surface area contributed by atoms with Gasteiger partial charge in [-0.1, -0.05) is 0 Å². The van der Waals surface area contributed by atoms with Gasteiger partial charge in [0.25, 0.3) is 0 Å². The highest BCUT2D eigenvalue weighted by molar-refractivity contribution is 9.10. The number of hydrogen-bond acceptors (Lipinski definition) is 3. The Morgan fingerprint density at radius 2 is 2.06 bits per heavy atom. The third kappa shape index (κ3) is 2.98. The van der Waals surface area contributed by atoms with E-state index >= 15 is 0 Å². The van der Waals surface area contributed by atoms with Gasteiger partial charge in [-0.25, -0.2) is 0 Å². The monoisotopic (exact) mass is 311 g/mol. The molecule has 1 aliphatic heterocycles. The standard InChI is InChI=1S/C14H18BrNO2/c15-12-6-11(9-16-8-10-2-3-10)7-13-14(12)18-5-1-4-17-13/h6-7,10,16H,1-5,8-9H2. The Bertz CT molecular complexity index is 432. The Morgan fingerprint density at radius 3 is 2.89 bits per heavy atom. The number of fused-ring (bicyclic) bond motifs is 1. The number of ether oxygens (including phenoxy) is 2. The second-order valence-electron chi connectivity index (χ2n) is 5.03. The molecule has 98 valence electrons. The largest absolute Gasteiger partial charge is 0.490 e. The van der Waals surface area contributed by atoms with Crippen LogP contribution in [0.3, 0.4) is 0 Å². The minimum absolute atomic E-state index is 0.727. The molecule has 0 saturated heterocycles. The Morgan fingerprint density at radius 1 is 1.22 bits per heavy atom. The highest BCUT2D eigenvalue weighted by atomic mass is 79.9. The van der Waals surface area contributed by atoms with Crippen molar-refractivity contribution < 1.29 is 9.47 Å². The zero-order valence-corrected chi connectivity index (χ0v) is 12.0. The first-order valence-corrected chi connectivity index (χ1v) is 7.41. The summed E-state index contributed by atoms with van der Waals surface area (Å²) in [5, 5.41) is 3.50. The lowest BCUT2D eigenvalue weighted by Gasteiger charge is -2.12. The third-order valence-electron chi connectivity index (χ3n) is 3.32. The second-order valence-corrected chi connectivity index (χ2v) is 5.88. The zero-order valence-electron chi connectivity index (χ0n) is 10.4. The Hall–Kier alpha value is -0.740. The summed E-state index contributed by atoms with van der Waals surface area (Å²) >= 11 is 3.57. The molecular weight excluding hydrogens is 294 g/mol. The lowest BCUT2D eigenvalue weighted by atomic mass is 10.2. The molecule has 0 bridgehead atoms. The van der Waals surface area contributed by atoms with Crippen LogP contribution in [0, 0.1) is 5.92 Å². The quantitative estimate of drug-likeness (QED) is 0.927. The lowest BCUT2D eigenvalue weighted by molar-refractivity contribution is 0.296. The van der Waals surface area contributed by atoms with E-state index in [-0.39, 0.29) is 0 Å². The molecule has 0 aromatic heterocycles. The fourth-order valence-electron chi connectivity index (χ4n) is 2.13. The molecule has 18 heavy (non-hydrogen) atoms. The van der Waals surface area contributed by atoms with Crippen LogP contribution in [0.1, 0.15) is 24.8 Å². The van der Waals surface area contributed by atoms with Crippen LogP contribution in [0.25, 0.3) is 0 Å². The van der Waals surface area contributed by atoms with Crippen LogP contribution in [0.4, 0.5) is 0 Å². The predicted octanol–water partition coefficient (Wildman–Crippen LogP) is 3.11. The minimum Gasteiger partial charge on any atom is -0.490 e. The van der Waals surface area contributed by atoms with Crippen molar-refractivity contribution in [2.45, 2.75) is 25.8 Å². The first kappa shape index (κ1) is 12.3. The summed E-state index contributed by atoms with van der Waals surface area (Å²) in [7, 11) is 0. The molecule has 2 aliphatic rings. The average molecular weight is 312 g/mol. The van der Waals surface area contributed by atoms with E-state index in [1.54, 1.807) is 0 Å². The van der Waals surface area contributed by atoms with Crippen LogP contribution in [0.2, 0.25) is 0 Å². The average Bonchev–Trinajstić information content (AvgIpc) is 3.15. The van der Waals surface area contributed by atoms with Crippen molar-refractivity contribution in [3.8, 4) is 11.5 Å². The number of halogens is 1. The number of benzene rings is 1. The topological polar surface area (TPSA) is 30.5 Å². The van der Waals surface area contributed by atoms with Gasteiger partial charge >= 0.3 is 0 Å². The summed E-state index contributed by atoms with van der Waals surface area (Å²) in [6, 6.07) is 4.21. The molecule has 3 nitrogen and oxygen atoms in total. The lowest BCUT2D eigenvalue weighted by Crippen LogP contribution is -2.16. The highest BCUT2D eigenvalue weighted by Gasteiger charge is 2.20. The maximum atomic E-state index is 5.73. The molecule has 0 amide bonds. The van der Waals surface area contributed by atoms with Gasteiger partial charge in [0.2, 0.25) is 0 Å². The first-order valence-electron chi connectivity index (χ1n) is 6.61. The van der Waals surface area contributed by atoms with Crippen LogP contribution in [0.15, 0.2) is 16.6 Å². The molecule has 1 N–H and O–H groups in total. The zero-order chi connectivity index (χ0) is 12.4. The molecule has 0 unspecified atom stereocenters. The summed E-state index contributed by atoms with van der Waals surface area (Å²) < 4.78 is 12.4. The summed E-state index contributed by atoms with van der Waals surface area (Å²) in [4.78, 5) is 0. The van der Waals surface area contributed by atoms with Crippen molar-refractivity contribution in [2.24, 2.45) is 5.92 Å². The Balaban J connectivity index is 1.70. The molecule has 1 fully saturated rings. The molecule has 3 rings (SSSR count). The summed E-state index contributed by atoms with van der Waals surface area (Å²) in [5.74, 6) is 2.62. The number of nitrogens with one attached hydrogen (secondary N) is 1. The highest BCUT2D eigenvalue weighted by Crippen LogP contribution is 2.38. The van der Waals surface area contributed by atoms with Gasteiger partial charge in [0.1, 0.15) is 0 Å². The van der Waals surface area contributed by atoms with E-state index in [0.717, 1.165) is 54.6 Å². The molecule has 0 atom stereocenters. The summed E-state index contributed by atoms with van der Waals surface area (Å²) in [6.07, 6.45) is 3.71. The van der Waals surface area contributed by atoms with Crippen LogP contribution < -0.4 is 14.8 Å². The Kier molecular flexibility index (Phi) is 3.75. The van der Waals surface area contributed by atoms with E-state index in [0.29, 0.717) is 0 Å². The smallest absolute Gasteiger partial charge is 0.175 e. The van der Waals surface area contributed by atoms with Crippen LogP contribution in [-0.4, -0.2) is 19.8 Å². The molecule has 1 heterocycles. The third-order valence-corrected chi connectivity index (χ3v) is 3.91. The first-order chi connectivity index (χ1) is 8.83. The predicted molar refractivity (Wildman–Crippen MR) is 74.2 cm³/mol. The van der Waals surface area contributed by atoms with E-state index in [1.165, 1.54) is 18.4 Å². The maximum absolute atomic E-state index is 5.73. The van der Waals surface area contributed by atoms with E-state index in [9.17, 15) is 0 Å². The number of hydrogen-bond donors (Lipinski definition) is 1. The molecule has 1 aromatic carbocycles. The van der Waals surface area contributed by atoms with Gasteiger partial charge in [0, 0.05) is 13.0 Å². The SMILES string of the molecule is Brc1cc(CNCC2CC2)cc2c1OCCCO2. The van der Waals surface area contributed by atoms with Gasteiger partial charge in [-0.2, -0.15) is 0 Å². The van der Waals surface area contributed by atoms with Crippen LogP contribution >= 0.6 is 15.9 Å². The van der Waals surface area contributed by atoms with Crippen LogP contribution in [-0.2, 0) is 6.54 Å². The van der Waals surface area contributed by atoms with Gasteiger partial charge in [-0.15, -0.1) is 0 Å². The van der Waals surface area contributed by atoms with Crippen molar-refractivity contribution in [1.82, 2.24) is 5.32 Å². The molecule has 1 saturated carbocycles. The molecule has 1 aromatic rings. The van der Waals surface area contributed by atoms with Crippen molar-refractivity contribution >= 4 is 15.9 Å². The van der Waals surface area contributed by atoms with Crippen molar-refractivity contribution in [3.05, 3.63) is 22.2 Å². The van der Waals surface area contributed by atoms with Gasteiger partial charge in [-0.3, -0.25) is 0 Å². The summed E-state index contributed by atoms with van der Waals surface area (Å²) in [5.41, 5.74) is 1.24. The number of rotatable bonds is 4. The molecule has 4 heteroatoms. The Labute approximate surface area is 116 Å². The summed E-state index contributed by atoms with van der Waals surface area (Å²) in [6.45, 7) is 3.49. The van der Waals surface area contributed by atoms with Crippen molar-refractivity contribution in [1.29, 1.82) is 0 Å². The van der Waals surface area contributed by atoms with Gasteiger partial charge in [0.15, 0.2) is 11.5 Å². The van der Waals surface area contributed by atoms with E-state index in [4.69, 9.17) is 9.47 Å².